The summed E-state index contributed by atoms with van der Waals surface area (Å²) in [5.74, 6) is -0.781. The van der Waals surface area contributed by atoms with Gasteiger partial charge in [0.05, 0.1) is 5.92 Å². The van der Waals surface area contributed by atoms with Crippen LogP contribution in [0.25, 0.3) is 0 Å². The Hall–Kier alpha value is -2.62. The van der Waals surface area contributed by atoms with Crippen molar-refractivity contribution in [2.75, 3.05) is 0 Å². The molecule has 114 valence electrons. The fourth-order valence-corrected chi connectivity index (χ4v) is 2.29. The molecule has 0 saturated carbocycles. The van der Waals surface area contributed by atoms with E-state index in [4.69, 9.17) is 0 Å². The fourth-order valence-electron chi connectivity index (χ4n) is 2.29. The Bertz CT molecular complexity index is 611. The van der Waals surface area contributed by atoms with Gasteiger partial charge in [-0.15, -0.1) is 0 Å². The van der Waals surface area contributed by atoms with Crippen LogP contribution in [0.2, 0.25) is 0 Å². The zero-order valence-corrected chi connectivity index (χ0v) is 12.6. The molecule has 4 heteroatoms. The molecule has 2 aromatic rings. The van der Waals surface area contributed by atoms with Crippen molar-refractivity contribution in [3.8, 4) is 0 Å². The van der Waals surface area contributed by atoms with Crippen molar-refractivity contribution >= 4 is 11.8 Å². The summed E-state index contributed by atoms with van der Waals surface area (Å²) in [6.45, 7) is 2.03. The van der Waals surface area contributed by atoms with Crippen molar-refractivity contribution in [2.24, 2.45) is 0 Å². The SMILES string of the molecule is CCCC(C(=O)NNC(=O)c1ccccc1)c1ccccc1. The average molecular weight is 296 g/mol. The molecule has 2 N–H and O–H groups in total. The molecule has 1 unspecified atom stereocenters. The first kappa shape index (κ1) is 15.8. The Morgan fingerprint density at radius 3 is 2.09 bits per heavy atom. The molecule has 0 aromatic heterocycles. The summed E-state index contributed by atoms with van der Waals surface area (Å²) in [5.41, 5.74) is 6.46. The zero-order chi connectivity index (χ0) is 15.8. The smallest absolute Gasteiger partial charge is 0.269 e. The quantitative estimate of drug-likeness (QED) is 0.833. The van der Waals surface area contributed by atoms with Gasteiger partial charge in [0.25, 0.3) is 5.91 Å². The standard InChI is InChI=1S/C18H20N2O2/c1-2-9-16(14-10-5-3-6-11-14)18(22)20-19-17(21)15-12-7-4-8-13-15/h3-8,10-13,16H,2,9H2,1H3,(H,19,21)(H,20,22). The first-order chi connectivity index (χ1) is 10.7. The highest BCUT2D eigenvalue weighted by molar-refractivity contribution is 5.96. The summed E-state index contributed by atoms with van der Waals surface area (Å²) < 4.78 is 0. The molecular weight excluding hydrogens is 276 g/mol. The number of carbonyl (C=O) groups excluding carboxylic acids is 2. The molecule has 0 saturated heterocycles. The minimum absolute atomic E-state index is 0.197. The molecule has 1 atom stereocenters. The number of hydrazine groups is 1. The maximum atomic E-state index is 12.3. The first-order valence-corrected chi connectivity index (χ1v) is 7.42. The molecular formula is C18H20N2O2. The van der Waals surface area contributed by atoms with E-state index < -0.39 is 0 Å². The highest BCUT2D eigenvalue weighted by Gasteiger charge is 2.20. The largest absolute Gasteiger partial charge is 0.273 e. The average Bonchev–Trinajstić information content (AvgIpc) is 2.58. The molecule has 0 radical (unpaired) electrons. The van der Waals surface area contributed by atoms with Gasteiger partial charge >= 0.3 is 0 Å². The second kappa shape index (κ2) is 7.98. The van der Waals surface area contributed by atoms with Crippen LogP contribution in [0.15, 0.2) is 60.7 Å². The third kappa shape index (κ3) is 4.19. The molecule has 22 heavy (non-hydrogen) atoms. The third-order valence-corrected chi connectivity index (χ3v) is 3.43. The molecule has 2 rings (SSSR count). The van der Waals surface area contributed by atoms with E-state index in [0.29, 0.717) is 5.56 Å². The molecule has 0 aliphatic rings. The Morgan fingerprint density at radius 1 is 0.909 bits per heavy atom. The van der Waals surface area contributed by atoms with E-state index in [9.17, 15) is 9.59 Å². The topological polar surface area (TPSA) is 58.2 Å². The van der Waals surface area contributed by atoms with Crippen LogP contribution in [0.3, 0.4) is 0 Å². The minimum Gasteiger partial charge on any atom is -0.273 e. The number of hydrogen-bond donors (Lipinski definition) is 2. The maximum Gasteiger partial charge on any atom is 0.269 e. The van der Waals surface area contributed by atoms with Gasteiger partial charge in [-0.1, -0.05) is 61.9 Å². The number of amides is 2. The van der Waals surface area contributed by atoms with Crippen molar-refractivity contribution in [3.63, 3.8) is 0 Å². The van der Waals surface area contributed by atoms with E-state index in [2.05, 4.69) is 10.9 Å². The number of rotatable bonds is 5. The molecule has 0 aliphatic heterocycles. The molecule has 0 spiro atoms. The number of benzene rings is 2. The third-order valence-electron chi connectivity index (χ3n) is 3.43. The van der Waals surface area contributed by atoms with Crippen LogP contribution < -0.4 is 10.9 Å². The number of nitrogens with one attached hydrogen (secondary N) is 2. The van der Waals surface area contributed by atoms with Gasteiger partial charge in [0.1, 0.15) is 0 Å². The minimum atomic E-state index is -0.322. The van der Waals surface area contributed by atoms with Crippen LogP contribution in [-0.2, 0) is 4.79 Å². The summed E-state index contributed by atoms with van der Waals surface area (Å²) in [6.07, 6.45) is 1.62. The molecule has 4 nitrogen and oxygen atoms in total. The van der Waals surface area contributed by atoms with E-state index in [0.717, 1.165) is 18.4 Å². The van der Waals surface area contributed by atoms with Crippen LogP contribution in [0.5, 0.6) is 0 Å². The fraction of sp³-hybridized carbons (Fsp3) is 0.222. The summed E-state index contributed by atoms with van der Waals surface area (Å²) >= 11 is 0. The molecule has 2 aromatic carbocycles. The molecule has 0 fully saturated rings. The monoisotopic (exact) mass is 296 g/mol. The molecule has 0 heterocycles. The van der Waals surface area contributed by atoms with Crippen LogP contribution in [0.4, 0.5) is 0 Å². The van der Waals surface area contributed by atoms with Gasteiger partial charge in [-0.05, 0) is 24.1 Å². The summed E-state index contributed by atoms with van der Waals surface area (Å²) in [6, 6.07) is 18.4. The Kier molecular flexibility index (Phi) is 5.72. The van der Waals surface area contributed by atoms with Gasteiger partial charge in [0.2, 0.25) is 5.91 Å². The highest BCUT2D eigenvalue weighted by atomic mass is 16.2. The highest BCUT2D eigenvalue weighted by Crippen LogP contribution is 2.20. The number of carbonyl (C=O) groups is 2. The van der Waals surface area contributed by atoms with Crippen molar-refractivity contribution in [3.05, 3.63) is 71.8 Å². The predicted molar refractivity (Wildman–Crippen MR) is 86.1 cm³/mol. The summed E-state index contributed by atoms with van der Waals surface area (Å²) in [7, 11) is 0. The predicted octanol–water partition coefficient (Wildman–Crippen LogP) is 3.03. The van der Waals surface area contributed by atoms with E-state index in [1.54, 1.807) is 24.3 Å². The number of hydrogen-bond acceptors (Lipinski definition) is 2. The normalized spacial score (nSPS) is 11.5. The van der Waals surface area contributed by atoms with Crippen molar-refractivity contribution in [2.45, 2.75) is 25.7 Å². The van der Waals surface area contributed by atoms with Crippen LogP contribution in [0.1, 0.15) is 41.6 Å². The molecule has 0 bridgehead atoms. The molecule has 2 amide bonds. The lowest BCUT2D eigenvalue weighted by molar-refractivity contribution is -0.123. The van der Waals surface area contributed by atoms with Crippen LogP contribution >= 0.6 is 0 Å². The van der Waals surface area contributed by atoms with Gasteiger partial charge in [-0.25, -0.2) is 0 Å². The van der Waals surface area contributed by atoms with Crippen molar-refractivity contribution in [1.29, 1.82) is 0 Å². The second-order valence-corrected chi connectivity index (χ2v) is 5.06. The lowest BCUT2D eigenvalue weighted by Crippen LogP contribution is -2.44. The Balaban J connectivity index is 1.99. The summed E-state index contributed by atoms with van der Waals surface area (Å²) in [5, 5.41) is 0. The van der Waals surface area contributed by atoms with E-state index in [1.165, 1.54) is 0 Å². The van der Waals surface area contributed by atoms with E-state index in [-0.39, 0.29) is 17.7 Å². The van der Waals surface area contributed by atoms with E-state index in [1.807, 2.05) is 43.3 Å². The van der Waals surface area contributed by atoms with Crippen molar-refractivity contribution in [1.82, 2.24) is 10.9 Å². The van der Waals surface area contributed by atoms with E-state index >= 15 is 0 Å². The Labute approximate surface area is 130 Å². The van der Waals surface area contributed by atoms with Crippen LogP contribution in [-0.4, -0.2) is 11.8 Å². The van der Waals surface area contributed by atoms with Gasteiger partial charge in [-0.3, -0.25) is 20.4 Å². The van der Waals surface area contributed by atoms with Gasteiger partial charge in [-0.2, -0.15) is 0 Å². The van der Waals surface area contributed by atoms with Gasteiger partial charge < -0.3 is 0 Å². The first-order valence-electron chi connectivity index (χ1n) is 7.42. The maximum absolute atomic E-state index is 12.3. The summed E-state index contributed by atoms with van der Waals surface area (Å²) in [4.78, 5) is 24.3. The zero-order valence-electron chi connectivity index (χ0n) is 12.6. The molecule has 0 aliphatic carbocycles. The lowest BCUT2D eigenvalue weighted by atomic mass is 9.94. The van der Waals surface area contributed by atoms with Crippen LogP contribution in [0, 0.1) is 0 Å². The van der Waals surface area contributed by atoms with Crippen molar-refractivity contribution < 1.29 is 9.59 Å². The second-order valence-electron chi connectivity index (χ2n) is 5.06. The van der Waals surface area contributed by atoms with Gasteiger partial charge in [0, 0.05) is 5.56 Å². The van der Waals surface area contributed by atoms with Gasteiger partial charge in [0.15, 0.2) is 0 Å². The Morgan fingerprint density at radius 2 is 1.50 bits per heavy atom. The lowest BCUT2D eigenvalue weighted by Gasteiger charge is -2.17.